The second-order valence-electron chi connectivity index (χ2n) is 7.63. The lowest BCUT2D eigenvalue weighted by atomic mass is 10.0. The van der Waals surface area contributed by atoms with Crippen molar-refractivity contribution in [1.82, 2.24) is 9.38 Å². The number of imidazole rings is 1. The summed E-state index contributed by atoms with van der Waals surface area (Å²) in [5.41, 5.74) is 9.12. The average Bonchev–Trinajstić information content (AvgIpc) is 3.06. The summed E-state index contributed by atoms with van der Waals surface area (Å²) in [4.78, 5) is 17.8. The summed E-state index contributed by atoms with van der Waals surface area (Å²) in [6, 6.07) is 18.2. The first-order valence-corrected chi connectivity index (χ1v) is 9.83. The van der Waals surface area contributed by atoms with Crippen molar-refractivity contribution in [2.75, 3.05) is 5.32 Å². The van der Waals surface area contributed by atoms with Crippen LogP contribution in [0.2, 0.25) is 0 Å². The van der Waals surface area contributed by atoms with Gasteiger partial charge in [-0.3, -0.25) is 4.79 Å². The van der Waals surface area contributed by atoms with Crippen LogP contribution < -0.4 is 5.32 Å². The number of hydrogen-bond donors (Lipinski definition) is 1. The lowest BCUT2D eigenvalue weighted by molar-refractivity contribution is -0.115. The molecule has 0 aliphatic rings. The van der Waals surface area contributed by atoms with Crippen LogP contribution in [0.4, 0.5) is 5.69 Å². The van der Waals surface area contributed by atoms with E-state index < -0.39 is 0 Å². The molecule has 146 valence electrons. The van der Waals surface area contributed by atoms with Crippen LogP contribution in [-0.4, -0.2) is 15.3 Å². The summed E-state index contributed by atoms with van der Waals surface area (Å²) in [5.74, 6) is -0.0484. The Bertz CT molecular complexity index is 1220. The van der Waals surface area contributed by atoms with E-state index in [1.165, 1.54) is 11.1 Å². The lowest BCUT2D eigenvalue weighted by Crippen LogP contribution is -2.16. The normalized spacial score (nSPS) is 11.0. The number of nitrogens with one attached hydrogen (secondary N) is 1. The number of nitrogens with zero attached hydrogens (tertiary/aromatic N) is 2. The molecule has 0 fully saturated rings. The molecule has 0 unspecified atom stereocenters. The molecule has 29 heavy (non-hydrogen) atoms. The molecule has 0 aliphatic heterocycles. The van der Waals surface area contributed by atoms with Crippen molar-refractivity contribution < 1.29 is 4.79 Å². The Kier molecular flexibility index (Phi) is 4.93. The summed E-state index contributed by atoms with van der Waals surface area (Å²) in [5, 5.41) is 3.05. The number of pyridine rings is 1. The zero-order valence-electron chi connectivity index (χ0n) is 17.3. The summed E-state index contributed by atoms with van der Waals surface area (Å²) in [7, 11) is 0. The number of carbonyl (C=O) groups is 1. The van der Waals surface area contributed by atoms with E-state index in [0.29, 0.717) is 0 Å². The number of aromatic nitrogens is 2. The smallest absolute Gasteiger partial charge is 0.230 e. The molecule has 2 aromatic carbocycles. The number of para-hydroxylation sites is 1. The van der Waals surface area contributed by atoms with Crippen molar-refractivity contribution in [3.63, 3.8) is 0 Å². The molecule has 1 N–H and O–H groups in total. The van der Waals surface area contributed by atoms with Gasteiger partial charge >= 0.3 is 0 Å². The van der Waals surface area contributed by atoms with E-state index in [0.717, 1.165) is 39.4 Å². The van der Waals surface area contributed by atoms with Crippen molar-refractivity contribution in [3.05, 3.63) is 88.7 Å². The predicted octanol–water partition coefficient (Wildman–Crippen LogP) is 5.42. The van der Waals surface area contributed by atoms with Gasteiger partial charge in [0.25, 0.3) is 0 Å². The Balaban J connectivity index is 1.77. The van der Waals surface area contributed by atoms with Gasteiger partial charge in [0, 0.05) is 17.4 Å². The first-order valence-electron chi connectivity index (χ1n) is 9.83. The molecule has 0 saturated carbocycles. The molecule has 0 radical (unpaired) electrons. The Hall–Kier alpha value is -3.40. The van der Waals surface area contributed by atoms with Crippen LogP contribution >= 0.6 is 0 Å². The maximum absolute atomic E-state index is 12.9. The van der Waals surface area contributed by atoms with Crippen LogP contribution in [0.25, 0.3) is 16.9 Å². The molecule has 2 aromatic heterocycles. The van der Waals surface area contributed by atoms with Gasteiger partial charge in [-0.1, -0.05) is 36.4 Å². The largest absolute Gasteiger partial charge is 0.326 e. The first-order chi connectivity index (χ1) is 13.9. The van der Waals surface area contributed by atoms with E-state index in [1.807, 2.05) is 60.8 Å². The molecule has 0 spiro atoms. The topological polar surface area (TPSA) is 46.4 Å². The lowest BCUT2D eigenvalue weighted by Gasteiger charge is -2.10. The zero-order chi connectivity index (χ0) is 20.5. The second kappa shape index (κ2) is 7.55. The van der Waals surface area contributed by atoms with E-state index in [-0.39, 0.29) is 12.3 Å². The highest BCUT2D eigenvalue weighted by Crippen LogP contribution is 2.28. The molecule has 4 heteroatoms. The van der Waals surface area contributed by atoms with Crippen molar-refractivity contribution in [1.29, 1.82) is 0 Å². The molecule has 4 nitrogen and oxygen atoms in total. The number of carbonyl (C=O) groups excluding carboxylic acids is 1. The highest BCUT2D eigenvalue weighted by atomic mass is 16.1. The van der Waals surface area contributed by atoms with Crippen molar-refractivity contribution in [2.45, 2.75) is 34.1 Å². The number of rotatable bonds is 4. The molecule has 0 atom stereocenters. The monoisotopic (exact) mass is 383 g/mol. The quantitative estimate of drug-likeness (QED) is 0.512. The number of amides is 1. The van der Waals surface area contributed by atoms with Gasteiger partial charge in [0.15, 0.2) is 0 Å². The van der Waals surface area contributed by atoms with Gasteiger partial charge in [-0.15, -0.1) is 0 Å². The summed E-state index contributed by atoms with van der Waals surface area (Å²) in [6.07, 6.45) is 2.23. The number of hydrogen-bond acceptors (Lipinski definition) is 2. The van der Waals surface area contributed by atoms with Gasteiger partial charge in [0.2, 0.25) is 5.91 Å². The SMILES string of the molecule is Cc1ccc(-c2nc3c(C)cccn3c2CC(=O)Nc2ccccc2C)cc1C. The Morgan fingerprint density at radius 2 is 1.66 bits per heavy atom. The van der Waals surface area contributed by atoms with Gasteiger partial charge in [0.1, 0.15) is 5.65 Å². The molecule has 4 rings (SSSR count). The van der Waals surface area contributed by atoms with E-state index >= 15 is 0 Å². The number of fused-ring (bicyclic) bond motifs is 1. The number of benzene rings is 2. The summed E-state index contributed by atoms with van der Waals surface area (Å²) >= 11 is 0. The molecule has 2 heterocycles. The third kappa shape index (κ3) is 3.66. The zero-order valence-corrected chi connectivity index (χ0v) is 17.3. The second-order valence-corrected chi connectivity index (χ2v) is 7.63. The third-order valence-electron chi connectivity index (χ3n) is 5.47. The van der Waals surface area contributed by atoms with E-state index in [9.17, 15) is 4.79 Å². The minimum atomic E-state index is -0.0484. The van der Waals surface area contributed by atoms with Crippen LogP contribution in [-0.2, 0) is 11.2 Å². The van der Waals surface area contributed by atoms with E-state index in [2.05, 4.69) is 37.4 Å². The average molecular weight is 383 g/mol. The van der Waals surface area contributed by atoms with Crippen molar-refractivity contribution >= 4 is 17.2 Å². The van der Waals surface area contributed by atoms with Gasteiger partial charge in [-0.2, -0.15) is 0 Å². The maximum Gasteiger partial charge on any atom is 0.230 e. The third-order valence-corrected chi connectivity index (χ3v) is 5.47. The van der Waals surface area contributed by atoms with Crippen LogP contribution in [0.3, 0.4) is 0 Å². The molecule has 0 aliphatic carbocycles. The van der Waals surface area contributed by atoms with Gasteiger partial charge in [0.05, 0.1) is 17.8 Å². The fourth-order valence-electron chi connectivity index (χ4n) is 3.60. The van der Waals surface area contributed by atoms with Crippen LogP contribution in [0.15, 0.2) is 60.8 Å². The Morgan fingerprint density at radius 3 is 2.41 bits per heavy atom. The summed E-state index contributed by atoms with van der Waals surface area (Å²) in [6.45, 7) is 8.24. The maximum atomic E-state index is 12.9. The molecule has 4 aromatic rings. The number of aryl methyl sites for hydroxylation is 4. The van der Waals surface area contributed by atoms with Gasteiger partial charge < -0.3 is 9.72 Å². The Morgan fingerprint density at radius 1 is 0.897 bits per heavy atom. The standard InChI is InChI=1S/C25H25N3O/c1-16-11-12-20(14-19(16)4)24-22(28-13-7-9-18(3)25(28)27-24)15-23(29)26-21-10-6-5-8-17(21)2/h5-14H,15H2,1-4H3,(H,26,29). The van der Waals surface area contributed by atoms with E-state index in [4.69, 9.17) is 4.98 Å². The fraction of sp³-hybridized carbons (Fsp3) is 0.200. The molecule has 0 saturated heterocycles. The van der Waals surface area contributed by atoms with Crippen molar-refractivity contribution in [2.24, 2.45) is 0 Å². The highest BCUT2D eigenvalue weighted by molar-refractivity contribution is 5.94. The minimum Gasteiger partial charge on any atom is -0.326 e. The Labute approximate surface area is 171 Å². The minimum absolute atomic E-state index is 0.0484. The molecular formula is C25H25N3O. The first kappa shape index (κ1) is 18.9. The summed E-state index contributed by atoms with van der Waals surface area (Å²) < 4.78 is 2.04. The fourth-order valence-corrected chi connectivity index (χ4v) is 3.60. The van der Waals surface area contributed by atoms with Crippen LogP contribution in [0, 0.1) is 27.7 Å². The van der Waals surface area contributed by atoms with Gasteiger partial charge in [-0.05, 0) is 68.1 Å². The van der Waals surface area contributed by atoms with Crippen molar-refractivity contribution in [3.8, 4) is 11.3 Å². The molecular weight excluding hydrogens is 358 g/mol. The van der Waals surface area contributed by atoms with E-state index in [1.54, 1.807) is 0 Å². The molecule has 0 bridgehead atoms. The predicted molar refractivity (Wildman–Crippen MR) is 118 cm³/mol. The number of anilines is 1. The highest BCUT2D eigenvalue weighted by Gasteiger charge is 2.18. The van der Waals surface area contributed by atoms with Gasteiger partial charge in [-0.25, -0.2) is 4.98 Å². The van der Waals surface area contributed by atoms with Crippen LogP contribution in [0.5, 0.6) is 0 Å². The van der Waals surface area contributed by atoms with Crippen LogP contribution in [0.1, 0.15) is 27.9 Å². The molecule has 1 amide bonds.